The van der Waals surface area contributed by atoms with E-state index in [1.165, 1.54) is 16.5 Å². The first-order chi connectivity index (χ1) is 15.1. The summed E-state index contributed by atoms with van der Waals surface area (Å²) in [6.07, 6.45) is 4.88. The van der Waals surface area contributed by atoms with Crippen LogP contribution in [0.1, 0.15) is 29.4 Å². The molecule has 0 atom stereocenters. The van der Waals surface area contributed by atoms with Crippen LogP contribution in [0.25, 0.3) is 16.7 Å². The van der Waals surface area contributed by atoms with Gasteiger partial charge in [-0.2, -0.15) is 5.10 Å². The number of aromatic nitrogens is 4. The number of nitrogens with one attached hydrogen (secondary N) is 3. The van der Waals surface area contributed by atoms with Gasteiger partial charge in [-0.15, -0.1) is 24.0 Å². The molecule has 4 rings (SSSR count). The van der Waals surface area contributed by atoms with Gasteiger partial charge in [-0.1, -0.05) is 24.3 Å². The van der Waals surface area contributed by atoms with Crippen molar-refractivity contribution in [2.24, 2.45) is 4.99 Å². The van der Waals surface area contributed by atoms with Gasteiger partial charge in [0, 0.05) is 42.1 Å². The zero-order valence-corrected chi connectivity index (χ0v) is 21.1. The SMILES string of the molecule is CCNC(=NCc1ccc(-n2nc(C)cc2C)nc1)NCCc1c[nH]c2ccccc12.I. The van der Waals surface area contributed by atoms with E-state index in [0.717, 1.165) is 48.2 Å². The predicted molar refractivity (Wildman–Crippen MR) is 141 cm³/mol. The van der Waals surface area contributed by atoms with Gasteiger partial charge in [0.2, 0.25) is 0 Å². The van der Waals surface area contributed by atoms with E-state index in [9.17, 15) is 0 Å². The summed E-state index contributed by atoms with van der Waals surface area (Å²) in [6.45, 7) is 8.27. The topological polar surface area (TPSA) is 82.9 Å². The minimum Gasteiger partial charge on any atom is -0.361 e. The summed E-state index contributed by atoms with van der Waals surface area (Å²) >= 11 is 0. The monoisotopic (exact) mass is 543 g/mol. The van der Waals surface area contributed by atoms with Crippen LogP contribution in [-0.2, 0) is 13.0 Å². The molecule has 4 aromatic rings. The van der Waals surface area contributed by atoms with Crippen molar-refractivity contribution in [2.75, 3.05) is 13.1 Å². The molecule has 0 saturated carbocycles. The van der Waals surface area contributed by atoms with E-state index in [1.807, 2.05) is 36.9 Å². The molecule has 0 aliphatic heterocycles. The molecule has 0 amide bonds. The first kappa shape index (κ1) is 23.8. The van der Waals surface area contributed by atoms with Crippen LogP contribution in [0.4, 0.5) is 0 Å². The summed E-state index contributed by atoms with van der Waals surface area (Å²) in [5.74, 6) is 1.63. The molecule has 8 heteroatoms. The number of rotatable bonds is 7. The average Bonchev–Trinajstić information content (AvgIpc) is 3.35. The normalized spacial score (nSPS) is 11.4. The van der Waals surface area contributed by atoms with Crippen molar-refractivity contribution in [3.63, 3.8) is 0 Å². The number of aryl methyl sites for hydroxylation is 2. The molecular formula is C24H30IN7. The van der Waals surface area contributed by atoms with E-state index >= 15 is 0 Å². The first-order valence-corrected chi connectivity index (χ1v) is 10.7. The van der Waals surface area contributed by atoms with Gasteiger partial charge in [0.05, 0.1) is 12.2 Å². The minimum absolute atomic E-state index is 0. The predicted octanol–water partition coefficient (Wildman–Crippen LogP) is 4.28. The highest BCUT2D eigenvalue weighted by molar-refractivity contribution is 14.0. The van der Waals surface area contributed by atoms with E-state index in [2.05, 4.69) is 69.2 Å². The third kappa shape index (κ3) is 5.67. The molecular weight excluding hydrogens is 513 g/mol. The van der Waals surface area contributed by atoms with Crippen LogP contribution in [0, 0.1) is 13.8 Å². The molecule has 0 unspecified atom stereocenters. The molecule has 168 valence electrons. The lowest BCUT2D eigenvalue weighted by molar-refractivity contribution is 0.795. The Kier molecular flexibility index (Phi) is 8.26. The Hall–Kier alpha value is -2.88. The van der Waals surface area contributed by atoms with Crippen molar-refractivity contribution in [1.82, 2.24) is 30.4 Å². The zero-order valence-electron chi connectivity index (χ0n) is 18.7. The largest absolute Gasteiger partial charge is 0.361 e. The maximum atomic E-state index is 4.71. The number of halogens is 1. The molecule has 0 spiro atoms. The van der Waals surface area contributed by atoms with Crippen LogP contribution in [0.15, 0.2) is 59.9 Å². The fourth-order valence-electron chi connectivity index (χ4n) is 3.66. The fraction of sp³-hybridized carbons (Fsp3) is 0.292. The molecule has 3 N–H and O–H groups in total. The number of benzene rings is 1. The molecule has 1 aromatic carbocycles. The van der Waals surface area contributed by atoms with Crippen molar-refractivity contribution < 1.29 is 0 Å². The summed E-state index contributed by atoms with van der Waals surface area (Å²) in [5, 5.41) is 12.5. The molecule has 3 aromatic heterocycles. The van der Waals surface area contributed by atoms with Gasteiger partial charge < -0.3 is 15.6 Å². The van der Waals surface area contributed by atoms with Gasteiger partial charge in [-0.05, 0) is 56.5 Å². The minimum atomic E-state index is 0. The number of aliphatic imine (C=N–C) groups is 1. The number of hydrogen-bond donors (Lipinski definition) is 3. The number of H-pyrrole nitrogens is 1. The van der Waals surface area contributed by atoms with Crippen molar-refractivity contribution in [2.45, 2.75) is 33.7 Å². The zero-order chi connectivity index (χ0) is 21.6. The van der Waals surface area contributed by atoms with Gasteiger partial charge in [0.25, 0.3) is 0 Å². The molecule has 3 heterocycles. The highest BCUT2D eigenvalue weighted by Gasteiger charge is 2.06. The molecule has 32 heavy (non-hydrogen) atoms. The number of fused-ring (bicyclic) bond motifs is 1. The van der Waals surface area contributed by atoms with E-state index < -0.39 is 0 Å². The van der Waals surface area contributed by atoms with Gasteiger partial charge >= 0.3 is 0 Å². The second-order valence-corrected chi connectivity index (χ2v) is 7.59. The average molecular weight is 543 g/mol. The Morgan fingerprint density at radius 3 is 2.69 bits per heavy atom. The van der Waals surface area contributed by atoms with Crippen LogP contribution in [0.2, 0.25) is 0 Å². The third-order valence-corrected chi connectivity index (χ3v) is 5.16. The second-order valence-electron chi connectivity index (χ2n) is 7.59. The van der Waals surface area contributed by atoms with Crippen LogP contribution in [0.5, 0.6) is 0 Å². The van der Waals surface area contributed by atoms with Gasteiger partial charge in [0.15, 0.2) is 11.8 Å². The molecule has 0 radical (unpaired) electrons. The Balaban J connectivity index is 0.00000289. The summed E-state index contributed by atoms with van der Waals surface area (Å²) in [5.41, 5.74) is 5.60. The lowest BCUT2D eigenvalue weighted by Gasteiger charge is -2.11. The summed E-state index contributed by atoms with van der Waals surface area (Å²) in [4.78, 5) is 12.6. The van der Waals surface area contributed by atoms with E-state index in [-0.39, 0.29) is 24.0 Å². The Morgan fingerprint density at radius 2 is 1.97 bits per heavy atom. The molecule has 0 fully saturated rings. The lowest BCUT2D eigenvalue weighted by atomic mass is 10.1. The fourth-order valence-corrected chi connectivity index (χ4v) is 3.66. The molecule has 0 aliphatic rings. The van der Waals surface area contributed by atoms with Crippen molar-refractivity contribution in [3.8, 4) is 5.82 Å². The number of para-hydroxylation sites is 1. The molecule has 0 saturated heterocycles. The molecule has 7 nitrogen and oxygen atoms in total. The van der Waals surface area contributed by atoms with Crippen LogP contribution >= 0.6 is 24.0 Å². The highest BCUT2D eigenvalue weighted by Crippen LogP contribution is 2.17. The van der Waals surface area contributed by atoms with E-state index in [4.69, 9.17) is 4.99 Å². The Labute approximate surface area is 205 Å². The summed E-state index contributed by atoms with van der Waals surface area (Å²) < 4.78 is 1.86. The maximum absolute atomic E-state index is 4.71. The number of pyridine rings is 1. The Morgan fingerprint density at radius 1 is 1.12 bits per heavy atom. The first-order valence-electron chi connectivity index (χ1n) is 10.7. The molecule has 0 bridgehead atoms. The van der Waals surface area contributed by atoms with Crippen molar-refractivity contribution >= 4 is 40.8 Å². The van der Waals surface area contributed by atoms with Crippen LogP contribution < -0.4 is 10.6 Å². The van der Waals surface area contributed by atoms with Crippen LogP contribution in [-0.4, -0.2) is 38.8 Å². The van der Waals surface area contributed by atoms with Gasteiger partial charge in [0.1, 0.15) is 0 Å². The summed E-state index contributed by atoms with van der Waals surface area (Å²) in [6, 6.07) is 14.5. The smallest absolute Gasteiger partial charge is 0.191 e. The van der Waals surface area contributed by atoms with Gasteiger partial charge in [-0.25, -0.2) is 14.7 Å². The number of aromatic amines is 1. The maximum Gasteiger partial charge on any atom is 0.191 e. The number of hydrogen-bond acceptors (Lipinski definition) is 3. The number of guanidine groups is 1. The van der Waals surface area contributed by atoms with Crippen molar-refractivity contribution in [3.05, 3.63) is 77.4 Å². The standard InChI is InChI=1S/C24H29N7.HI/c1-4-25-24(26-12-11-20-16-27-22-8-6-5-7-21(20)22)29-15-19-9-10-23(28-14-19)31-18(3)13-17(2)30-31;/h5-10,13-14,16,27H,4,11-12,15H2,1-3H3,(H2,25,26,29);1H. The van der Waals surface area contributed by atoms with Gasteiger partial charge in [-0.3, -0.25) is 0 Å². The summed E-state index contributed by atoms with van der Waals surface area (Å²) in [7, 11) is 0. The van der Waals surface area contributed by atoms with Crippen LogP contribution in [0.3, 0.4) is 0 Å². The van der Waals surface area contributed by atoms with E-state index in [1.54, 1.807) is 0 Å². The highest BCUT2D eigenvalue weighted by atomic mass is 127. The van der Waals surface area contributed by atoms with E-state index in [0.29, 0.717) is 6.54 Å². The lowest BCUT2D eigenvalue weighted by Crippen LogP contribution is -2.38. The second kappa shape index (κ2) is 11.1. The van der Waals surface area contributed by atoms with Crippen molar-refractivity contribution in [1.29, 1.82) is 0 Å². The number of nitrogens with zero attached hydrogens (tertiary/aromatic N) is 4. The quantitative estimate of drug-likeness (QED) is 0.185. The molecule has 0 aliphatic carbocycles. The third-order valence-electron chi connectivity index (χ3n) is 5.16. The Bertz CT molecular complexity index is 1170.